The van der Waals surface area contributed by atoms with Gasteiger partial charge in [-0.05, 0) is 47.7 Å². The average Bonchev–Trinajstić information content (AvgIpc) is 3.11. The third-order valence-electron chi connectivity index (χ3n) is 4.75. The Morgan fingerprint density at radius 3 is 2.88 bits per heavy atom. The predicted molar refractivity (Wildman–Crippen MR) is 110 cm³/mol. The monoisotopic (exact) mass is 392 g/mol. The number of hydrogen-bond donors (Lipinski definition) is 2. The van der Waals surface area contributed by atoms with E-state index in [1.165, 1.54) is 27.6 Å². The molecule has 1 aliphatic heterocycles. The Labute approximate surface area is 156 Å². The highest BCUT2D eigenvalue weighted by Crippen LogP contribution is 2.26. The van der Waals surface area contributed by atoms with Gasteiger partial charge in [-0.3, -0.25) is 0 Å². The zero-order valence-electron chi connectivity index (χ0n) is 14.0. The van der Waals surface area contributed by atoms with E-state index >= 15 is 0 Å². The van der Waals surface area contributed by atoms with E-state index in [0.717, 1.165) is 23.9 Å². The maximum absolute atomic E-state index is 3.61. The largest absolute Gasteiger partial charge is 0.361 e. The Morgan fingerprint density at radius 2 is 2.00 bits per heavy atom. The van der Waals surface area contributed by atoms with Crippen LogP contribution in [0.4, 0.5) is 0 Å². The van der Waals surface area contributed by atoms with Crippen molar-refractivity contribution in [3.8, 4) is 0 Å². The van der Waals surface area contributed by atoms with Gasteiger partial charge in [0.05, 0.1) is 0 Å². The molecular weight excluding hydrogens is 372 g/mol. The topological polar surface area (TPSA) is 27.8 Å². The molecule has 0 spiro atoms. The van der Waals surface area contributed by atoms with E-state index in [-0.39, 0.29) is 0 Å². The second kappa shape index (κ2) is 7.42. The second-order valence-corrected chi connectivity index (χ2v) is 7.39. The van der Waals surface area contributed by atoms with Crippen molar-refractivity contribution in [3.63, 3.8) is 0 Å². The summed E-state index contributed by atoms with van der Waals surface area (Å²) in [6.07, 6.45) is 10.9. The van der Waals surface area contributed by atoms with E-state index < -0.39 is 0 Å². The summed E-state index contributed by atoms with van der Waals surface area (Å²) < 4.78 is 1.10. The van der Waals surface area contributed by atoms with Crippen LogP contribution in [0.2, 0.25) is 0 Å². The quantitative estimate of drug-likeness (QED) is 0.578. The molecule has 1 unspecified atom stereocenters. The normalized spacial score (nSPS) is 18.0. The Balaban J connectivity index is 1.45. The van der Waals surface area contributed by atoms with Gasteiger partial charge < -0.3 is 10.3 Å². The van der Waals surface area contributed by atoms with Gasteiger partial charge in [0.2, 0.25) is 0 Å². The number of aromatic nitrogens is 1. The zero-order chi connectivity index (χ0) is 17.1. The van der Waals surface area contributed by atoms with E-state index in [9.17, 15) is 0 Å². The lowest BCUT2D eigenvalue weighted by atomic mass is 9.93. The molecule has 1 atom stereocenters. The SMILES string of the molecule is Brc1cc(C=CCC2CC(c3ccccc3)=CCN2)c2cc[nH]c2c1. The molecule has 0 radical (unpaired) electrons. The van der Waals surface area contributed by atoms with E-state index in [2.05, 4.69) is 93.0 Å². The number of H-pyrrole nitrogens is 1. The number of fused-ring (bicyclic) bond motifs is 1. The van der Waals surface area contributed by atoms with Gasteiger partial charge in [-0.25, -0.2) is 0 Å². The number of nitrogens with one attached hydrogen (secondary N) is 2. The van der Waals surface area contributed by atoms with Crippen LogP contribution in [0.15, 0.2) is 71.4 Å². The van der Waals surface area contributed by atoms with Crippen molar-refractivity contribution in [2.24, 2.45) is 0 Å². The Bertz CT molecular complexity index is 922. The predicted octanol–water partition coefficient (Wildman–Crippen LogP) is 5.78. The van der Waals surface area contributed by atoms with E-state index in [1.807, 2.05) is 6.20 Å². The van der Waals surface area contributed by atoms with Crippen molar-refractivity contribution in [2.45, 2.75) is 18.9 Å². The maximum atomic E-state index is 3.61. The smallest absolute Gasteiger partial charge is 0.0471 e. The molecular formula is C22H21BrN2. The van der Waals surface area contributed by atoms with Crippen LogP contribution in [-0.4, -0.2) is 17.6 Å². The summed E-state index contributed by atoms with van der Waals surface area (Å²) in [5.74, 6) is 0. The zero-order valence-corrected chi connectivity index (χ0v) is 15.6. The highest BCUT2D eigenvalue weighted by molar-refractivity contribution is 9.10. The first kappa shape index (κ1) is 16.4. The van der Waals surface area contributed by atoms with Crippen LogP contribution in [0.3, 0.4) is 0 Å². The van der Waals surface area contributed by atoms with Gasteiger partial charge >= 0.3 is 0 Å². The molecule has 2 N–H and O–H groups in total. The number of halogens is 1. The van der Waals surface area contributed by atoms with Crippen molar-refractivity contribution >= 4 is 38.5 Å². The molecule has 1 aromatic heterocycles. The van der Waals surface area contributed by atoms with Gasteiger partial charge in [0.25, 0.3) is 0 Å². The van der Waals surface area contributed by atoms with Crippen LogP contribution in [0, 0.1) is 0 Å². The molecule has 0 aliphatic carbocycles. The Kier molecular flexibility index (Phi) is 4.86. The fourth-order valence-corrected chi connectivity index (χ4v) is 3.96. The first-order valence-electron chi connectivity index (χ1n) is 8.70. The van der Waals surface area contributed by atoms with Crippen molar-refractivity contribution in [1.29, 1.82) is 0 Å². The molecule has 25 heavy (non-hydrogen) atoms. The molecule has 0 saturated heterocycles. The minimum Gasteiger partial charge on any atom is -0.361 e. The fourth-order valence-electron chi connectivity index (χ4n) is 3.48. The van der Waals surface area contributed by atoms with Gasteiger partial charge in [0.1, 0.15) is 0 Å². The lowest BCUT2D eigenvalue weighted by Gasteiger charge is -2.23. The third kappa shape index (κ3) is 3.78. The van der Waals surface area contributed by atoms with Crippen molar-refractivity contribution < 1.29 is 0 Å². The third-order valence-corrected chi connectivity index (χ3v) is 5.21. The van der Waals surface area contributed by atoms with Crippen LogP contribution >= 0.6 is 15.9 Å². The van der Waals surface area contributed by atoms with E-state index in [4.69, 9.17) is 0 Å². The van der Waals surface area contributed by atoms with Gasteiger partial charge in [0.15, 0.2) is 0 Å². The minimum atomic E-state index is 0.491. The van der Waals surface area contributed by atoms with Crippen LogP contribution in [0.1, 0.15) is 24.0 Å². The first-order valence-corrected chi connectivity index (χ1v) is 9.50. The summed E-state index contributed by atoms with van der Waals surface area (Å²) >= 11 is 3.60. The molecule has 0 saturated carbocycles. The average molecular weight is 393 g/mol. The second-order valence-electron chi connectivity index (χ2n) is 6.48. The highest BCUT2D eigenvalue weighted by atomic mass is 79.9. The molecule has 0 bridgehead atoms. The Morgan fingerprint density at radius 1 is 1.12 bits per heavy atom. The summed E-state index contributed by atoms with van der Waals surface area (Å²) in [7, 11) is 0. The molecule has 1 aliphatic rings. The maximum Gasteiger partial charge on any atom is 0.0471 e. The summed E-state index contributed by atoms with van der Waals surface area (Å²) in [6.45, 7) is 0.946. The van der Waals surface area contributed by atoms with Crippen LogP contribution in [-0.2, 0) is 0 Å². The highest BCUT2D eigenvalue weighted by Gasteiger charge is 2.14. The molecule has 126 valence electrons. The van der Waals surface area contributed by atoms with Gasteiger partial charge in [-0.2, -0.15) is 0 Å². The van der Waals surface area contributed by atoms with E-state index in [0.29, 0.717) is 6.04 Å². The molecule has 0 amide bonds. The van der Waals surface area contributed by atoms with Gasteiger partial charge in [-0.15, -0.1) is 0 Å². The number of aromatic amines is 1. The van der Waals surface area contributed by atoms with Crippen LogP contribution < -0.4 is 5.32 Å². The van der Waals surface area contributed by atoms with Crippen molar-refractivity contribution in [2.75, 3.05) is 6.54 Å². The van der Waals surface area contributed by atoms with Crippen LogP contribution in [0.25, 0.3) is 22.6 Å². The van der Waals surface area contributed by atoms with Gasteiger partial charge in [-0.1, -0.05) is 64.5 Å². The first-order chi connectivity index (χ1) is 12.3. The molecule has 4 rings (SSSR count). The Hall–Kier alpha value is -2.10. The molecule has 0 fully saturated rings. The molecule has 2 nitrogen and oxygen atoms in total. The lowest BCUT2D eigenvalue weighted by molar-refractivity contribution is 0.542. The number of hydrogen-bond acceptors (Lipinski definition) is 1. The van der Waals surface area contributed by atoms with Gasteiger partial charge in [0, 0.05) is 34.2 Å². The molecule has 3 heteroatoms. The summed E-state index contributed by atoms with van der Waals surface area (Å²) in [4.78, 5) is 3.28. The summed E-state index contributed by atoms with van der Waals surface area (Å²) in [5.41, 5.74) is 5.21. The van der Waals surface area contributed by atoms with Crippen molar-refractivity contribution in [1.82, 2.24) is 10.3 Å². The van der Waals surface area contributed by atoms with E-state index in [1.54, 1.807) is 0 Å². The molecule has 2 aromatic carbocycles. The molecule has 2 heterocycles. The summed E-state index contributed by atoms with van der Waals surface area (Å²) in [5, 5.41) is 4.87. The number of benzene rings is 2. The van der Waals surface area contributed by atoms with Crippen molar-refractivity contribution in [3.05, 3.63) is 82.5 Å². The number of rotatable bonds is 4. The standard InChI is InChI=1S/C22H21BrN2/c23-19-13-18(21-10-12-25-22(21)15-19)7-4-8-20-14-17(9-11-24-20)16-5-2-1-3-6-16/h1-7,9-10,12-13,15,20,24-25H,8,11,14H2. The molecule has 3 aromatic rings. The fraction of sp³-hybridized carbons (Fsp3) is 0.182. The minimum absolute atomic E-state index is 0.491. The van der Waals surface area contributed by atoms with Crippen LogP contribution in [0.5, 0.6) is 0 Å². The lowest BCUT2D eigenvalue weighted by Crippen LogP contribution is -2.32. The summed E-state index contributed by atoms with van der Waals surface area (Å²) in [6, 6.07) is 17.6.